The van der Waals surface area contributed by atoms with Crippen molar-refractivity contribution >= 4 is 26.0 Å². The number of hydrogen-bond acceptors (Lipinski definition) is 4. The van der Waals surface area contributed by atoms with E-state index < -0.39 is 10.0 Å². The number of hydrogen-bond donors (Lipinski definition) is 0. The Morgan fingerprint density at radius 3 is 1.89 bits per heavy atom. The van der Waals surface area contributed by atoms with E-state index in [0.717, 1.165) is 43.2 Å². The second kappa shape index (κ2) is 17.9. The summed E-state index contributed by atoms with van der Waals surface area (Å²) >= 11 is 3.37. The molecule has 0 heterocycles. The maximum absolute atomic E-state index is 13.0. The minimum atomic E-state index is -3.45. The Labute approximate surface area is 230 Å². The molecule has 0 aromatic heterocycles. The van der Waals surface area contributed by atoms with Crippen LogP contribution in [0.4, 0.5) is 0 Å². The van der Waals surface area contributed by atoms with Crippen LogP contribution in [0, 0.1) is 0 Å². The Hall–Kier alpha value is -0.470. The Kier molecular flexibility index (Phi) is 15.8. The van der Waals surface area contributed by atoms with Gasteiger partial charge in [0.1, 0.15) is 0 Å². The van der Waals surface area contributed by atoms with Crippen molar-refractivity contribution in [1.82, 2.24) is 9.21 Å². The third-order valence-corrected chi connectivity index (χ3v) is 9.98. The maximum Gasteiger partial charge on any atom is 0.243 e. The van der Waals surface area contributed by atoms with Gasteiger partial charge in [-0.1, -0.05) is 68.3 Å². The molecule has 1 aromatic carbocycles. The highest BCUT2D eigenvalue weighted by molar-refractivity contribution is 9.10. The predicted octanol–water partition coefficient (Wildman–Crippen LogP) is 7.64. The van der Waals surface area contributed by atoms with E-state index in [4.69, 9.17) is 4.74 Å². The summed E-state index contributed by atoms with van der Waals surface area (Å²) in [4.78, 5) is 3.05. The van der Waals surface area contributed by atoms with E-state index >= 15 is 0 Å². The smallest absolute Gasteiger partial charge is 0.243 e. The molecule has 5 nitrogen and oxygen atoms in total. The lowest BCUT2D eigenvalue weighted by Crippen LogP contribution is -2.40. The van der Waals surface area contributed by atoms with Crippen LogP contribution in [0.15, 0.2) is 33.6 Å². The highest BCUT2D eigenvalue weighted by Gasteiger charge is 2.31. The summed E-state index contributed by atoms with van der Waals surface area (Å²) in [6, 6.07) is 6.95. The van der Waals surface area contributed by atoms with Crippen molar-refractivity contribution in [1.29, 1.82) is 0 Å². The van der Waals surface area contributed by atoms with Gasteiger partial charge in [-0.25, -0.2) is 8.42 Å². The van der Waals surface area contributed by atoms with Crippen molar-refractivity contribution < 1.29 is 13.2 Å². The van der Waals surface area contributed by atoms with Gasteiger partial charge in [-0.05, 0) is 95.3 Å². The maximum atomic E-state index is 13.0. The summed E-state index contributed by atoms with van der Waals surface area (Å²) in [5.74, 6) is 0. The van der Waals surface area contributed by atoms with E-state index in [9.17, 15) is 8.42 Å². The third-order valence-electron chi connectivity index (χ3n) is 7.53. The monoisotopic (exact) mass is 586 g/mol. The van der Waals surface area contributed by atoms with E-state index in [-0.39, 0.29) is 12.1 Å². The SMILES string of the molecule is CCCCCN(CCCCC)CCCCCCOC1CCC(N(C)S(=O)(=O)c2ccc(Br)cc2)CC1. The minimum absolute atomic E-state index is 0.0519. The van der Waals surface area contributed by atoms with Crippen LogP contribution < -0.4 is 0 Å². The summed E-state index contributed by atoms with van der Waals surface area (Å²) in [7, 11) is -1.73. The Bertz CT molecular complexity index is 785. The molecule has 1 aliphatic rings. The Morgan fingerprint density at radius 1 is 0.806 bits per heavy atom. The van der Waals surface area contributed by atoms with E-state index in [1.54, 1.807) is 35.6 Å². The van der Waals surface area contributed by atoms with Gasteiger partial charge in [0.15, 0.2) is 0 Å². The molecule has 0 N–H and O–H groups in total. The molecular weight excluding hydrogens is 536 g/mol. The molecule has 36 heavy (non-hydrogen) atoms. The van der Waals surface area contributed by atoms with Crippen LogP contribution in [0.5, 0.6) is 0 Å². The highest BCUT2D eigenvalue weighted by atomic mass is 79.9. The molecule has 0 unspecified atom stereocenters. The van der Waals surface area contributed by atoms with Gasteiger partial charge in [0.2, 0.25) is 10.0 Å². The molecule has 0 saturated heterocycles. The first-order valence-electron chi connectivity index (χ1n) is 14.5. The molecular formula is C29H51BrN2O3S. The van der Waals surface area contributed by atoms with Crippen LogP contribution in [0.3, 0.4) is 0 Å². The molecule has 0 bridgehead atoms. The van der Waals surface area contributed by atoms with Gasteiger partial charge < -0.3 is 9.64 Å². The molecule has 7 heteroatoms. The van der Waals surface area contributed by atoms with Gasteiger partial charge in [0.05, 0.1) is 11.0 Å². The lowest BCUT2D eigenvalue weighted by molar-refractivity contribution is 0.0156. The fourth-order valence-corrected chi connectivity index (χ4v) is 6.77. The number of unbranched alkanes of at least 4 members (excludes halogenated alkanes) is 7. The first-order valence-corrected chi connectivity index (χ1v) is 16.7. The first-order chi connectivity index (χ1) is 17.4. The summed E-state index contributed by atoms with van der Waals surface area (Å²) in [6.07, 6.45) is 16.8. The van der Waals surface area contributed by atoms with Crippen molar-refractivity contribution in [3.05, 3.63) is 28.7 Å². The number of halogens is 1. The quantitative estimate of drug-likeness (QED) is 0.156. The molecule has 0 spiro atoms. The van der Waals surface area contributed by atoms with Crippen LogP contribution in [0.2, 0.25) is 0 Å². The normalized spacial score (nSPS) is 18.8. The number of sulfonamides is 1. The second-order valence-corrected chi connectivity index (χ2v) is 13.4. The summed E-state index contributed by atoms with van der Waals surface area (Å²) in [5, 5.41) is 0. The molecule has 0 radical (unpaired) electrons. The predicted molar refractivity (Wildman–Crippen MR) is 155 cm³/mol. The van der Waals surface area contributed by atoms with Crippen molar-refractivity contribution in [3.63, 3.8) is 0 Å². The molecule has 0 aliphatic heterocycles. The Morgan fingerprint density at radius 2 is 1.33 bits per heavy atom. The van der Waals surface area contributed by atoms with Crippen LogP contribution in [0.1, 0.15) is 104 Å². The van der Waals surface area contributed by atoms with Gasteiger partial charge >= 0.3 is 0 Å². The number of nitrogens with zero attached hydrogens (tertiary/aromatic N) is 2. The van der Waals surface area contributed by atoms with E-state index in [2.05, 4.69) is 34.7 Å². The average molecular weight is 588 g/mol. The molecule has 2 rings (SSSR count). The zero-order chi connectivity index (χ0) is 26.2. The molecule has 0 atom stereocenters. The summed E-state index contributed by atoms with van der Waals surface area (Å²) in [6.45, 7) is 9.17. The molecule has 1 fully saturated rings. The second-order valence-electron chi connectivity index (χ2n) is 10.4. The van der Waals surface area contributed by atoms with E-state index in [0.29, 0.717) is 4.90 Å². The van der Waals surface area contributed by atoms with E-state index in [1.165, 1.54) is 77.4 Å². The summed E-state index contributed by atoms with van der Waals surface area (Å²) in [5.41, 5.74) is 0. The Balaban J connectivity index is 1.59. The number of benzene rings is 1. The van der Waals surface area contributed by atoms with Crippen LogP contribution >= 0.6 is 15.9 Å². The van der Waals surface area contributed by atoms with Gasteiger partial charge in [0, 0.05) is 24.2 Å². The van der Waals surface area contributed by atoms with E-state index in [1.807, 2.05) is 0 Å². The third kappa shape index (κ3) is 11.5. The average Bonchev–Trinajstić information content (AvgIpc) is 2.88. The van der Waals surface area contributed by atoms with Gasteiger partial charge in [-0.3, -0.25) is 0 Å². The van der Waals surface area contributed by atoms with Gasteiger partial charge in [0.25, 0.3) is 0 Å². The molecule has 1 aliphatic carbocycles. The molecule has 1 aromatic rings. The molecule has 208 valence electrons. The molecule has 0 amide bonds. The van der Waals surface area contributed by atoms with Crippen molar-refractivity contribution in [2.24, 2.45) is 0 Å². The summed E-state index contributed by atoms with van der Waals surface area (Å²) < 4.78 is 34.6. The topological polar surface area (TPSA) is 49.9 Å². The first kappa shape index (κ1) is 31.7. The largest absolute Gasteiger partial charge is 0.378 e. The van der Waals surface area contributed by atoms with Crippen LogP contribution in [-0.2, 0) is 14.8 Å². The van der Waals surface area contributed by atoms with Gasteiger partial charge in [-0.2, -0.15) is 4.31 Å². The molecule has 1 saturated carbocycles. The van der Waals surface area contributed by atoms with Crippen molar-refractivity contribution in [2.75, 3.05) is 33.3 Å². The fraction of sp³-hybridized carbons (Fsp3) is 0.793. The zero-order valence-electron chi connectivity index (χ0n) is 23.1. The zero-order valence-corrected chi connectivity index (χ0v) is 25.5. The highest BCUT2D eigenvalue weighted by Crippen LogP contribution is 2.28. The number of ether oxygens (including phenoxy) is 1. The lowest BCUT2D eigenvalue weighted by atomic mass is 9.93. The van der Waals surface area contributed by atoms with Gasteiger partial charge in [-0.15, -0.1) is 0 Å². The minimum Gasteiger partial charge on any atom is -0.378 e. The number of rotatable bonds is 19. The fourth-order valence-electron chi connectivity index (χ4n) is 5.09. The standard InChI is InChI=1S/C29H51BrN2O3S/c1-4-6-10-22-32(23-11-7-5-2)24-12-8-9-13-25-35-28-18-16-27(17-19-28)31(3)36(33,34)29-20-14-26(30)15-21-29/h14-15,20-21,27-28H,4-13,16-19,22-25H2,1-3H3. The lowest BCUT2D eigenvalue weighted by Gasteiger charge is -2.34. The van der Waals surface area contributed by atoms with Crippen molar-refractivity contribution in [2.45, 2.75) is 121 Å². The van der Waals surface area contributed by atoms with Crippen LogP contribution in [-0.4, -0.2) is 63.1 Å². The van der Waals surface area contributed by atoms with Crippen LogP contribution in [0.25, 0.3) is 0 Å². The van der Waals surface area contributed by atoms with Crippen molar-refractivity contribution in [3.8, 4) is 0 Å².